The first-order chi connectivity index (χ1) is 23.2. The van der Waals surface area contributed by atoms with Crippen molar-refractivity contribution in [2.45, 2.75) is 58.3 Å². The van der Waals surface area contributed by atoms with Crippen molar-refractivity contribution in [1.82, 2.24) is 24.7 Å². The fourth-order valence-electron chi connectivity index (χ4n) is 5.16. The van der Waals surface area contributed by atoms with E-state index in [1.807, 2.05) is 54.6 Å². The summed E-state index contributed by atoms with van der Waals surface area (Å²) in [4.78, 5) is 41.0. The fraction of sp³-hybridized carbons (Fsp3) is 0.314. The lowest BCUT2D eigenvalue weighted by Gasteiger charge is -2.23. The zero-order valence-electron chi connectivity index (χ0n) is 27.1. The smallest absolute Gasteiger partial charge is 0.324 e. The number of hydrogen-bond donors (Lipinski definition) is 3. The van der Waals surface area contributed by atoms with Crippen LogP contribution in [0.5, 0.6) is 11.8 Å². The summed E-state index contributed by atoms with van der Waals surface area (Å²) in [6.07, 6.45) is 8.72. The normalized spacial score (nSPS) is 13.4. The second-order valence-electron chi connectivity index (χ2n) is 12.5. The van der Waals surface area contributed by atoms with Gasteiger partial charge in [0.1, 0.15) is 11.6 Å². The average molecular weight is 667 g/mol. The number of nitrogens with zero attached hydrogens (tertiary/aromatic N) is 6. The lowest BCUT2D eigenvalue weighted by molar-refractivity contribution is -0.119. The molecule has 4 heterocycles. The van der Waals surface area contributed by atoms with Gasteiger partial charge in [-0.05, 0) is 73.2 Å². The first kappa shape index (κ1) is 32.8. The number of nitrogens with one attached hydrogen (secondary N) is 2. The molecule has 3 amide bonds. The molecule has 2 aromatic carbocycles. The van der Waals surface area contributed by atoms with Gasteiger partial charge in [-0.2, -0.15) is 5.10 Å². The number of amides is 3. The SMILES string of the molecule is CC(C)(C)c1cc(NC(=O)Nc2cnc(Oc3ccc(-c4cnc(N5CCCCC5=O)s4)cc3)nc2)n(-c2ccc(CCCO)cc2)n1. The molecule has 1 aliphatic rings. The van der Waals surface area contributed by atoms with Gasteiger partial charge in [0.15, 0.2) is 5.13 Å². The molecule has 13 heteroatoms. The van der Waals surface area contributed by atoms with Crippen LogP contribution < -0.4 is 20.3 Å². The van der Waals surface area contributed by atoms with Crippen molar-refractivity contribution < 1.29 is 19.4 Å². The Morgan fingerprint density at radius 2 is 1.73 bits per heavy atom. The molecule has 6 rings (SSSR count). The van der Waals surface area contributed by atoms with Crippen molar-refractivity contribution >= 4 is 39.9 Å². The lowest BCUT2D eigenvalue weighted by Crippen LogP contribution is -2.34. The third kappa shape index (κ3) is 7.86. The molecule has 5 aromatic rings. The highest BCUT2D eigenvalue weighted by molar-refractivity contribution is 7.19. The number of benzene rings is 2. The molecular formula is C35H38N8O4S. The first-order valence-corrected chi connectivity index (χ1v) is 16.7. The number of anilines is 3. The van der Waals surface area contributed by atoms with Crippen LogP contribution >= 0.6 is 11.3 Å². The van der Waals surface area contributed by atoms with Crippen LogP contribution in [-0.2, 0) is 16.6 Å². The Balaban J connectivity index is 1.07. The van der Waals surface area contributed by atoms with Crippen LogP contribution in [0.1, 0.15) is 57.7 Å². The van der Waals surface area contributed by atoms with Crippen molar-refractivity contribution in [2.75, 3.05) is 28.7 Å². The molecule has 1 saturated heterocycles. The third-order valence-corrected chi connectivity index (χ3v) is 8.88. The molecule has 0 spiro atoms. The minimum atomic E-state index is -0.472. The zero-order chi connectivity index (χ0) is 33.7. The van der Waals surface area contributed by atoms with Crippen LogP contribution in [0.3, 0.4) is 0 Å². The average Bonchev–Trinajstić information content (AvgIpc) is 3.74. The van der Waals surface area contributed by atoms with Gasteiger partial charge in [-0.25, -0.2) is 24.4 Å². The van der Waals surface area contributed by atoms with Crippen LogP contribution in [0.2, 0.25) is 0 Å². The largest absolute Gasteiger partial charge is 0.424 e. The van der Waals surface area contributed by atoms with E-state index in [0.29, 0.717) is 36.6 Å². The number of thiazole rings is 1. The summed E-state index contributed by atoms with van der Waals surface area (Å²) in [6.45, 7) is 7.05. The third-order valence-electron chi connectivity index (χ3n) is 7.81. The number of aromatic nitrogens is 5. The van der Waals surface area contributed by atoms with Gasteiger partial charge in [-0.1, -0.05) is 44.2 Å². The summed E-state index contributed by atoms with van der Waals surface area (Å²) < 4.78 is 7.54. The van der Waals surface area contributed by atoms with Gasteiger partial charge in [0.2, 0.25) is 5.91 Å². The van der Waals surface area contributed by atoms with Crippen molar-refractivity contribution in [3.8, 4) is 27.9 Å². The number of aliphatic hydroxyl groups excluding tert-OH is 1. The number of urea groups is 1. The Morgan fingerprint density at radius 3 is 2.42 bits per heavy atom. The van der Waals surface area contributed by atoms with Gasteiger partial charge >= 0.3 is 12.0 Å². The van der Waals surface area contributed by atoms with E-state index >= 15 is 0 Å². The van der Waals surface area contributed by atoms with Crippen LogP contribution in [0.4, 0.5) is 21.4 Å². The molecule has 0 bridgehead atoms. The Bertz CT molecular complexity index is 1860. The summed E-state index contributed by atoms with van der Waals surface area (Å²) in [5.41, 5.74) is 3.86. The molecule has 1 fully saturated rings. The highest BCUT2D eigenvalue weighted by atomic mass is 32.1. The van der Waals surface area contributed by atoms with Crippen molar-refractivity contribution in [3.63, 3.8) is 0 Å². The number of ether oxygens (including phenoxy) is 1. The Kier molecular flexibility index (Phi) is 9.78. The molecule has 48 heavy (non-hydrogen) atoms. The van der Waals surface area contributed by atoms with Gasteiger partial charge in [-0.15, -0.1) is 0 Å². The minimum absolute atomic E-state index is 0.128. The topological polar surface area (TPSA) is 147 Å². The Hall–Kier alpha value is -5.14. The van der Waals surface area contributed by atoms with E-state index in [-0.39, 0.29) is 23.9 Å². The molecule has 0 saturated carbocycles. The number of rotatable bonds is 10. The summed E-state index contributed by atoms with van der Waals surface area (Å²) in [7, 11) is 0. The molecule has 3 N–H and O–H groups in total. The Morgan fingerprint density at radius 1 is 0.979 bits per heavy atom. The Labute approximate surface area is 282 Å². The van der Waals surface area contributed by atoms with E-state index in [2.05, 4.69) is 46.4 Å². The van der Waals surface area contributed by atoms with E-state index in [9.17, 15) is 9.59 Å². The van der Waals surface area contributed by atoms with Crippen molar-refractivity contribution in [2.24, 2.45) is 0 Å². The summed E-state index contributed by atoms with van der Waals surface area (Å²) in [5.74, 6) is 1.19. The maximum Gasteiger partial charge on any atom is 0.324 e. The first-order valence-electron chi connectivity index (χ1n) is 15.9. The van der Waals surface area contributed by atoms with Gasteiger partial charge in [0.05, 0.1) is 34.3 Å². The fourth-order valence-corrected chi connectivity index (χ4v) is 6.12. The second-order valence-corrected chi connectivity index (χ2v) is 13.5. The highest BCUT2D eigenvalue weighted by Crippen LogP contribution is 2.34. The quantitative estimate of drug-likeness (QED) is 0.145. The summed E-state index contributed by atoms with van der Waals surface area (Å²) >= 11 is 1.49. The number of carbonyl (C=O) groups is 2. The van der Waals surface area contributed by atoms with E-state index in [1.165, 1.54) is 23.7 Å². The standard InChI is InChI=1S/C35H38N8O4S/c1-35(2,3)29-19-30(43(41-29)26-13-9-23(10-14-26)7-6-18-44)40-32(46)39-25-20-36-33(37-21-25)47-27-15-11-24(12-16-27)28-22-38-34(48-28)42-17-5-4-8-31(42)45/h9-16,19-22,44H,4-8,17-18H2,1-3H3,(H2,39,40,46). The summed E-state index contributed by atoms with van der Waals surface area (Å²) in [6, 6.07) is 16.9. The highest BCUT2D eigenvalue weighted by Gasteiger charge is 2.23. The minimum Gasteiger partial charge on any atom is -0.424 e. The lowest BCUT2D eigenvalue weighted by atomic mass is 9.92. The predicted octanol–water partition coefficient (Wildman–Crippen LogP) is 6.96. The molecular weight excluding hydrogens is 629 g/mol. The van der Waals surface area contributed by atoms with Gasteiger partial charge in [-0.3, -0.25) is 15.0 Å². The van der Waals surface area contributed by atoms with E-state index in [0.717, 1.165) is 51.8 Å². The molecule has 3 aromatic heterocycles. The van der Waals surface area contributed by atoms with E-state index < -0.39 is 6.03 Å². The van der Waals surface area contributed by atoms with Crippen molar-refractivity contribution in [1.29, 1.82) is 0 Å². The number of hydrogen-bond acceptors (Lipinski definition) is 9. The molecule has 0 aliphatic carbocycles. The molecule has 0 radical (unpaired) electrons. The number of aliphatic hydroxyl groups is 1. The van der Waals surface area contributed by atoms with Gasteiger partial charge < -0.3 is 15.2 Å². The van der Waals surface area contributed by atoms with Crippen LogP contribution in [0, 0.1) is 0 Å². The molecule has 0 unspecified atom stereocenters. The van der Waals surface area contributed by atoms with Gasteiger partial charge in [0.25, 0.3) is 0 Å². The van der Waals surface area contributed by atoms with E-state index in [1.54, 1.807) is 15.8 Å². The molecule has 248 valence electrons. The maximum atomic E-state index is 13.0. The molecule has 0 atom stereocenters. The zero-order valence-corrected chi connectivity index (χ0v) is 28.0. The number of aryl methyl sites for hydroxylation is 1. The predicted molar refractivity (Wildman–Crippen MR) is 186 cm³/mol. The molecule has 12 nitrogen and oxygen atoms in total. The van der Waals surface area contributed by atoms with Crippen molar-refractivity contribution in [3.05, 3.63) is 84.4 Å². The number of carbonyl (C=O) groups excluding carboxylic acids is 2. The number of piperidine rings is 1. The van der Waals surface area contributed by atoms with E-state index in [4.69, 9.17) is 14.9 Å². The maximum absolute atomic E-state index is 13.0. The summed E-state index contributed by atoms with van der Waals surface area (Å²) in [5, 5.41) is 20.3. The van der Waals surface area contributed by atoms with Crippen LogP contribution in [-0.4, -0.2) is 54.9 Å². The molecule has 1 aliphatic heterocycles. The van der Waals surface area contributed by atoms with Crippen LogP contribution in [0.25, 0.3) is 16.1 Å². The monoisotopic (exact) mass is 666 g/mol. The second kappa shape index (κ2) is 14.3. The van der Waals surface area contributed by atoms with Crippen LogP contribution in [0.15, 0.2) is 73.2 Å². The van der Waals surface area contributed by atoms with Gasteiger partial charge in [0, 0.05) is 37.3 Å².